The smallest absolute Gasteiger partial charge is 0.119 e. The summed E-state index contributed by atoms with van der Waals surface area (Å²) in [7, 11) is 1.92. The van der Waals surface area contributed by atoms with Gasteiger partial charge in [-0.1, -0.05) is 12.1 Å². The first-order valence-corrected chi connectivity index (χ1v) is 6.10. The summed E-state index contributed by atoms with van der Waals surface area (Å²) >= 11 is 0. The molecule has 0 aliphatic heterocycles. The summed E-state index contributed by atoms with van der Waals surface area (Å²) < 4.78 is 7.33. The maximum atomic E-state index is 6.29. The highest BCUT2D eigenvalue weighted by Gasteiger charge is 2.14. The van der Waals surface area contributed by atoms with E-state index in [0.717, 1.165) is 22.6 Å². The summed E-state index contributed by atoms with van der Waals surface area (Å²) in [5.41, 5.74) is 9.46. The normalized spacial score (nSPS) is 12.4. The molecule has 0 amide bonds. The van der Waals surface area contributed by atoms with Crippen molar-refractivity contribution in [1.82, 2.24) is 9.78 Å². The molecule has 2 rings (SSSR count). The lowest BCUT2D eigenvalue weighted by atomic mass is 10.0. The molecule has 0 spiro atoms. The number of rotatable bonds is 4. The molecule has 0 bridgehead atoms. The summed E-state index contributed by atoms with van der Waals surface area (Å²) in [5.74, 6) is 0.854. The zero-order valence-electron chi connectivity index (χ0n) is 11.1. The van der Waals surface area contributed by atoms with Gasteiger partial charge in [0.05, 0.1) is 18.8 Å². The van der Waals surface area contributed by atoms with Crippen molar-refractivity contribution in [3.63, 3.8) is 0 Å². The van der Waals surface area contributed by atoms with Gasteiger partial charge in [-0.25, -0.2) is 0 Å². The predicted molar refractivity (Wildman–Crippen MR) is 71.6 cm³/mol. The van der Waals surface area contributed by atoms with Gasteiger partial charge in [-0.3, -0.25) is 4.68 Å². The Kier molecular flexibility index (Phi) is 3.67. The number of nitrogens with two attached hydrogens (primary N) is 1. The summed E-state index contributed by atoms with van der Waals surface area (Å²) in [6.45, 7) is 4.65. The number of aryl methyl sites for hydroxylation is 1. The predicted octanol–water partition coefficient (Wildman–Crippen LogP) is 2.18. The molecule has 1 aromatic heterocycles. The topological polar surface area (TPSA) is 53.1 Å². The molecule has 0 aliphatic carbocycles. The lowest BCUT2D eigenvalue weighted by Gasteiger charge is -2.13. The van der Waals surface area contributed by atoms with E-state index < -0.39 is 0 Å². The van der Waals surface area contributed by atoms with Gasteiger partial charge >= 0.3 is 0 Å². The third-order valence-electron chi connectivity index (χ3n) is 3.14. The molecule has 18 heavy (non-hydrogen) atoms. The molecule has 0 saturated heterocycles. The van der Waals surface area contributed by atoms with Gasteiger partial charge in [-0.2, -0.15) is 5.10 Å². The SMILES string of the molecule is CCOc1cccc(C(N)c2cnn(C)c2C)c1. The summed E-state index contributed by atoms with van der Waals surface area (Å²) in [6, 6.07) is 7.74. The van der Waals surface area contributed by atoms with Crippen LogP contribution in [0.4, 0.5) is 0 Å². The van der Waals surface area contributed by atoms with Gasteiger partial charge < -0.3 is 10.5 Å². The Morgan fingerprint density at radius 2 is 2.22 bits per heavy atom. The standard InChI is InChI=1S/C14H19N3O/c1-4-18-12-7-5-6-11(8-12)14(15)13-9-16-17(3)10(13)2/h5-9,14H,4,15H2,1-3H3. The number of benzene rings is 1. The maximum Gasteiger partial charge on any atom is 0.119 e. The molecule has 1 aromatic carbocycles. The van der Waals surface area contributed by atoms with Crippen LogP contribution >= 0.6 is 0 Å². The van der Waals surface area contributed by atoms with Crippen LogP contribution in [0.1, 0.15) is 29.8 Å². The van der Waals surface area contributed by atoms with Gasteiger partial charge in [0.25, 0.3) is 0 Å². The lowest BCUT2D eigenvalue weighted by Crippen LogP contribution is -2.13. The molecule has 0 fully saturated rings. The van der Waals surface area contributed by atoms with E-state index in [1.807, 2.05) is 56.0 Å². The Hall–Kier alpha value is -1.81. The Bertz CT molecular complexity index is 534. The average Bonchev–Trinajstić information content (AvgIpc) is 2.70. The number of hydrogen-bond acceptors (Lipinski definition) is 3. The maximum absolute atomic E-state index is 6.29. The molecule has 0 radical (unpaired) electrons. The van der Waals surface area contributed by atoms with E-state index in [4.69, 9.17) is 10.5 Å². The largest absolute Gasteiger partial charge is 0.494 e. The zero-order chi connectivity index (χ0) is 13.1. The number of ether oxygens (including phenoxy) is 1. The molecule has 96 valence electrons. The third kappa shape index (κ3) is 2.38. The summed E-state index contributed by atoms with van der Waals surface area (Å²) in [6.07, 6.45) is 1.83. The fourth-order valence-corrected chi connectivity index (χ4v) is 1.97. The molecule has 2 N–H and O–H groups in total. The Morgan fingerprint density at radius 1 is 1.44 bits per heavy atom. The van der Waals surface area contributed by atoms with E-state index in [1.54, 1.807) is 0 Å². The van der Waals surface area contributed by atoms with Crippen molar-refractivity contribution in [1.29, 1.82) is 0 Å². The molecular weight excluding hydrogens is 226 g/mol. The minimum atomic E-state index is -0.167. The fourth-order valence-electron chi connectivity index (χ4n) is 1.97. The van der Waals surface area contributed by atoms with Crippen molar-refractivity contribution >= 4 is 0 Å². The van der Waals surface area contributed by atoms with Gasteiger partial charge in [0.2, 0.25) is 0 Å². The van der Waals surface area contributed by atoms with Crippen LogP contribution in [-0.4, -0.2) is 16.4 Å². The Morgan fingerprint density at radius 3 is 2.83 bits per heavy atom. The first-order chi connectivity index (χ1) is 8.63. The highest BCUT2D eigenvalue weighted by Crippen LogP contribution is 2.24. The molecule has 4 heteroatoms. The van der Waals surface area contributed by atoms with E-state index in [2.05, 4.69) is 5.10 Å². The zero-order valence-corrected chi connectivity index (χ0v) is 11.1. The van der Waals surface area contributed by atoms with Gasteiger partial charge in [0.1, 0.15) is 5.75 Å². The van der Waals surface area contributed by atoms with Gasteiger partial charge in [0.15, 0.2) is 0 Å². The molecule has 1 unspecified atom stereocenters. The first kappa shape index (κ1) is 12.6. The fraction of sp³-hybridized carbons (Fsp3) is 0.357. The van der Waals surface area contributed by atoms with Crippen LogP contribution in [0.15, 0.2) is 30.5 Å². The molecular formula is C14H19N3O. The Balaban J connectivity index is 2.30. The second-order valence-electron chi connectivity index (χ2n) is 4.29. The van der Waals surface area contributed by atoms with Crippen molar-refractivity contribution in [2.45, 2.75) is 19.9 Å². The monoisotopic (exact) mass is 245 g/mol. The van der Waals surface area contributed by atoms with E-state index in [9.17, 15) is 0 Å². The van der Waals surface area contributed by atoms with Crippen molar-refractivity contribution in [2.75, 3.05) is 6.61 Å². The van der Waals surface area contributed by atoms with Crippen LogP contribution in [0.2, 0.25) is 0 Å². The molecule has 4 nitrogen and oxygen atoms in total. The third-order valence-corrected chi connectivity index (χ3v) is 3.14. The van der Waals surface area contributed by atoms with E-state index in [1.165, 1.54) is 0 Å². The summed E-state index contributed by atoms with van der Waals surface area (Å²) in [4.78, 5) is 0. The van der Waals surface area contributed by atoms with Crippen molar-refractivity contribution in [2.24, 2.45) is 12.8 Å². The van der Waals surface area contributed by atoms with Gasteiger partial charge in [0, 0.05) is 18.3 Å². The average molecular weight is 245 g/mol. The van der Waals surface area contributed by atoms with E-state index in [0.29, 0.717) is 6.61 Å². The lowest BCUT2D eigenvalue weighted by molar-refractivity contribution is 0.340. The second kappa shape index (κ2) is 5.23. The summed E-state index contributed by atoms with van der Waals surface area (Å²) in [5, 5.41) is 4.23. The van der Waals surface area contributed by atoms with Crippen LogP contribution in [-0.2, 0) is 7.05 Å². The van der Waals surface area contributed by atoms with Crippen LogP contribution in [0, 0.1) is 6.92 Å². The van der Waals surface area contributed by atoms with Crippen LogP contribution < -0.4 is 10.5 Å². The molecule has 2 aromatic rings. The highest BCUT2D eigenvalue weighted by atomic mass is 16.5. The van der Waals surface area contributed by atoms with Crippen LogP contribution in [0.25, 0.3) is 0 Å². The van der Waals surface area contributed by atoms with Crippen molar-refractivity contribution < 1.29 is 4.74 Å². The number of aromatic nitrogens is 2. The molecule has 0 saturated carbocycles. The highest BCUT2D eigenvalue weighted by molar-refractivity contribution is 5.37. The molecule has 0 aliphatic rings. The van der Waals surface area contributed by atoms with Gasteiger partial charge in [-0.05, 0) is 31.5 Å². The first-order valence-electron chi connectivity index (χ1n) is 6.10. The minimum absolute atomic E-state index is 0.167. The quantitative estimate of drug-likeness (QED) is 0.898. The Labute approximate surface area is 107 Å². The van der Waals surface area contributed by atoms with E-state index >= 15 is 0 Å². The minimum Gasteiger partial charge on any atom is -0.494 e. The second-order valence-corrected chi connectivity index (χ2v) is 4.29. The molecule has 1 heterocycles. The van der Waals surface area contributed by atoms with E-state index in [-0.39, 0.29) is 6.04 Å². The van der Waals surface area contributed by atoms with Crippen LogP contribution in [0.5, 0.6) is 5.75 Å². The number of nitrogens with zero attached hydrogens (tertiary/aromatic N) is 2. The van der Waals surface area contributed by atoms with Crippen LogP contribution in [0.3, 0.4) is 0 Å². The molecule has 1 atom stereocenters. The van der Waals surface area contributed by atoms with Crippen molar-refractivity contribution in [3.8, 4) is 5.75 Å². The number of hydrogen-bond donors (Lipinski definition) is 1. The van der Waals surface area contributed by atoms with Gasteiger partial charge in [-0.15, -0.1) is 0 Å². The van der Waals surface area contributed by atoms with Crippen molar-refractivity contribution in [3.05, 3.63) is 47.3 Å².